The van der Waals surface area contributed by atoms with Gasteiger partial charge in [-0.25, -0.2) is 0 Å². The molecule has 136 valence electrons. The van der Waals surface area contributed by atoms with E-state index in [0.29, 0.717) is 23.6 Å². The summed E-state index contributed by atoms with van der Waals surface area (Å²) in [6.07, 6.45) is 5.71. The summed E-state index contributed by atoms with van der Waals surface area (Å²) in [6.45, 7) is 6.28. The topological polar surface area (TPSA) is 71.3 Å². The molecule has 1 saturated carbocycles. The summed E-state index contributed by atoms with van der Waals surface area (Å²) in [5.41, 5.74) is 0.115. The Kier molecular flexibility index (Phi) is 6.83. The molecule has 0 heterocycles. The second-order valence-electron chi connectivity index (χ2n) is 6.78. The number of carbonyl (C=O) groups is 1. The number of benzene rings is 1. The van der Waals surface area contributed by atoms with Crippen LogP contribution in [-0.2, 0) is 9.53 Å². The maximum atomic E-state index is 13.0. The summed E-state index contributed by atoms with van der Waals surface area (Å²) < 4.78 is 11.5. The van der Waals surface area contributed by atoms with Gasteiger partial charge in [0.1, 0.15) is 17.4 Å². The Labute approximate surface area is 150 Å². The Hall–Kier alpha value is -2.06. The predicted octanol–water partition coefficient (Wildman–Crippen LogP) is 4.41. The van der Waals surface area contributed by atoms with Crippen molar-refractivity contribution in [3.05, 3.63) is 23.8 Å². The Bertz CT molecular complexity index is 626. The smallest absolute Gasteiger partial charge is 0.256 e. The lowest BCUT2D eigenvalue weighted by atomic mass is 9.92. The lowest BCUT2D eigenvalue weighted by Gasteiger charge is -2.31. The number of rotatable bonds is 6. The SMILES string of the molecule is CCOC1(C(=O)Nc2ccc(OC(C)C)cc2C#N)CCCCCC1. The summed E-state index contributed by atoms with van der Waals surface area (Å²) in [5, 5.41) is 12.3. The quantitative estimate of drug-likeness (QED) is 0.776. The third kappa shape index (κ3) is 4.96. The van der Waals surface area contributed by atoms with Gasteiger partial charge >= 0.3 is 0 Å². The van der Waals surface area contributed by atoms with Gasteiger partial charge in [-0.2, -0.15) is 5.26 Å². The van der Waals surface area contributed by atoms with E-state index in [9.17, 15) is 10.1 Å². The highest BCUT2D eigenvalue weighted by atomic mass is 16.5. The number of ether oxygens (including phenoxy) is 2. The number of anilines is 1. The van der Waals surface area contributed by atoms with Crippen LogP contribution in [0, 0.1) is 11.3 Å². The van der Waals surface area contributed by atoms with Crippen molar-refractivity contribution in [3.8, 4) is 11.8 Å². The molecule has 25 heavy (non-hydrogen) atoms. The van der Waals surface area contributed by atoms with Crippen molar-refractivity contribution in [3.63, 3.8) is 0 Å². The molecule has 1 fully saturated rings. The fourth-order valence-corrected chi connectivity index (χ4v) is 3.32. The van der Waals surface area contributed by atoms with Crippen LogP contribution in [0.2, 0.25) is 0 Å². The predicted molar refractivity (Wildman–Crippen MR) is 97.6 cm³/mol. The van der Waals surface area contributed by atoms with Gasteiger partial charge in [0, 0.05) is 12.7 Å². The van der Waals surface area contributed by atoms with Crippen LogP contribution in [0.3, 0.4) is 0 Å². The average molecular weight is 344 g/mol. The summed E-state index contributed by atoms with van der Waals surface area (Å²) in [7, 11) is 0. The molecule has 1 aromatic rings. The normalized spacial score (nSPS) is 16.8. The van der Waals surface area contributed by atoms with Gasteiger partial charge < -0.3 is 14.8 Å². The van der Waals surface area contributed by atoms with Gasteiger partial charge in [-0.3, -0.25) is 4.79 Å². The Morgan fingerprint density at radius 1 is 1.28 bits per heavy atom. The van der Waals surface area contributed by atoms with Crippen molar-refractivity contribution in [1.82, 2.24) is 0 Å². The van der Waals surface area contributed by atoms with Crippen LogP contribution in [-0.4, -0.2) is 24.2 Å². The third-order valence-corrected chi connectivity index (χ3v) is 4.48. The maximum Gasteiger partial charge on any atom is 0.256 e. The molecule has 0 aromatic heterocycles. The highest BCUT2D eigenvalue weighted by Gasteiger charge is 2.39. The molecule has 0 radical (unpaired) electrons. The minimum absolute atomic E-state index is 0.0270. The van der Waals surface area contributed by atoms with E-state index in [1.54, 1.807) is 18.2 Å². The number of nitriles is 1. The van der Waals surface area contributed by atoms with Crippen LogP contribution >= 0.6 is 0 Å². The molecular formula is C20H28N2O3. The van der Waals surface area contributed by atoms with Gasteiger partial charge in [0.2, 0.25) is 0 Å². The van der Waals surface area contributed by atoms with Gasteiger partial charge in [0.05, 0.1) is 17.4 Å². The molecule has 1 aliphatic rings. The minimum atomic E-state index is -0.787. The van der Waals surface area contributed by atoms with E-state index in [-0.39, 0.29) is 12.0 Å². The number of amides is 1. The highest BCUT2D eigenvalue weighted by Crippen LogP contribution is 2.32. The molecule has 1 aliphatic carbocycles. The second-order valence-corrected chi connectivity index (χ2v) is 6.78. The molecule has 1 aromatic carbocycles. The first kappa shape index (κ1) is 19.3. The van der Waals surface area contributed by atoms with Gasteiger partial charge in [0.15, 0.2) is 0 Å². The number of hydrogen-bond donors (Lipinski definition) is 1. The van der Waals surface area contributed by atoms with Crippen molar-refractivity contribution in [1.29, 1.82) is 5.26 Å². The van der Waals surface area contributed by atoms with Crippen LogP contribution < -0.4 is 10.1 Å². The first-order valence-corrected chi connectivity index (χ1v) is 9.17. The zero-order chi connectivity index (χ0) is 18.3. The Balaban J connectivity index is 2.21. The number of hydrogen-bond acceptors (Lipinski definition) is 4. The fourth-order valence-electron chi connectivity index (χ4n) is 3.32. The first-order valence-electron chi connectivity index (χ1n) is 9.17. The van der Waals surface area contributed by atoms with Crippen LogP contribution in [0.25, 0.3) is 0 Å². The van der Waals surface area contributed by atoms with Gasteiger partial charge in [-0.1, -0.05) is 25.7 Å². The summed E-state index contributed by atoms with van der Waals surface area (Å²) in [4.78, 5) is 13.0. The summed E-state index contributed by atoms with van der Waals surface area (Å²) >= 11 is 0. The average Bonchev–Trinajstić information content (AvgIpc) is 2.82. The van der Waals surface area contributed by atoms with Crippen LogP contribution in [0.15, 0.2) is 18.2 Å². The molecule has 5 heteroatoms. The molecular weight excluding hydrogens is 316 g/mol. The van der Waals surface area contributed by atoms with E-state index >= 15 is 0 Å². The van der Waals surface area contributed by atoms with Crippen molar-refractivity contribution >= 4 is 11.6 Å². The van der Waals surface area contributed by atoms with E-state index in [2.05, 4.69) is 11.4 Å². The zero-order valence-corrected chi connectivity index (χ0v) is 15.4. The van der Waals surface area contributed by atoms with Gasteiger partial charge in [-0.15, -0.1) is 0 Å². The molecule has 1 N–H and O–H groups in total. The van der Waals surface area contributed by atoms with Gasteiger partial charge in [0.25, 0.3) is 5.91 Å². The lowest BCUT2D eigenvalue weighted by Crippen LogP contribution is -2.45. The molecule has 5 nitrogen and oxygen atoms in total. The van der Waals surface area contributed by atoms with E-state index < -0.39 is 5.60 Å². The van der Waals surface area contributed by atoms with Crippen LogP contribution in [0.4, 0.5) is 5.69 Å². The monoisotopic (exact) mass is 344 g/mol. The van der Waals surface area contributed by atoms with Gasteiger partial charge in [-0.05, 0) is 45.7 Å². The molecule has 1 amide bonds. The van der Waals surface area contributed by atoms with Crippen molar-refractivity contribution < 1.29 is 14.3 Å². The lowest BCUT2D eigenvalue weighted by molar-refractivity contribution is -0.143. The van der Waals surface area contributed by atoms with Crippen molar-refractivity contribution in [2.75, 3.05) is 11.9 Å². The number of nitrogens with zero attached hydrogens (tertiary/aromatic N) is 1. The molecule has 0 spiro atoms. The summed E-state index contributed by atoms with van der Waals surface area (Å²) in [5.74, 6) is 0.476. The minimum Gasteiger partial charge on any atom is -0.491 e. The van der Waals surface area contributed by atoms with E-state index in [0.717, 1.165) is 38.5 Å². The second kappa shape index (κ2) is 8.87. The van der Waals surface area contributed by atoms with E-state index in [1.165, 1.54) is 0 Å². The Morgan fingerprint density at radius 2 is 1.96 bits per heavy atom. The molecule has 0 saturated heterocycles. The third-order valence-electron chi connectivity index (χ3n) is 4.48. The Morgan fingerprint density at radius 3 is 2.52 bits per heavy atom. The van der Waals surface area contributed by atoms with Crippen molar-refractivity contribution in [2.24, 2.45) is 0 Å². The molecule has 0 atom stereocenters. The fraction of sp³-hybridized carbons (Fsp3) is 0.600. The maximum absolute atomic E-state index is 13.0. The highest BCUT2D eigenvalue weighted by molar-refractivity contribution is 5.98. The number of nitrogens with one attached hydrogen (secondary N) is 1. The van der Waals surface area contributed by atoms with Crippen LogP contribution in [0.5, 0.6) is 5.75 Å². The molecule has 0 aliphatic heterocycles. The van der Waals surface area contributed by atoms with Crippen LogP contribution in [0.1, 0.15) is 64.9 Å². The van der Waals surface area contributed by atoms with E-state index in [1.807, 2.05) is 20.8 Å². The first-order chi connectivity index (χ1) is 12.0. The molecule has 0 bridgehead atoms. The standard InChI is InChI=1S/C20H28N2O3/c1-4-24-20(11-7-5-6-8-12-20)19(23)22-18-10-9-17(25-15(2)3)13-16(18)14-21/h9-10,13,15H,4-8,11-12H2,1-3H3,(H,22,23). The largest absolute Gasteiger partial charge is 0.491 e. The van der Waals surface area contributed by atoms with E-state index in [4.69, 9.17) is 9.47 Å². The number of carbonyl (C=O) groups excluding carboxylic acids is 1. The summed E-state index contributed by atoms with van der Waals surface area (Å²) in [6, 6.07) is 7.30. The molecule has 0 unspecified atom stereocenters. The molecule has 2 rings (SSSR count). The zero-order valence-electron chi connectivity index (χ0n) is 15.4. The van der Waals surface area contributed by atoms with Crippen molar-refractivity contribution in [2.45, 2.75) is 71.0 Å².